The average Bonchev–Trinajstić information content (AvgIpc) is 3.21. The molecule has 1 aliphatic heterocycles. The third-order valence-electron chi connectivity index (χ3n) is 4.50. The Balaban J connectivity index is 1.37. The van der Waals surface area contributed by atoms with Gasteiger partial charge in [-0.05, 0) is 30.2 Å². The van der Waals surface area contributed by atoms with Crippen LogP contribution in [0.2, 0.25) is 0 Å². The van der Waals surface area contributed by atoms with Gasteiger partial charge in [-0.25, -0.2) is 0 Å². The van der Waals surface area contributed by atoms with E-state index in [0.29, 0.717) is 30.2 Å². The van der Waals surface area contributed by atoms with Crippen molar-refractivity contribution < 1.29 is 18.8 Å². The second-order valence-corrected chi connectivity index (χ2v) is 6.30. The molecule has 1 atom stereocenters. The van der Waals surface area contributed by atoms with Gasteiger partial charge in [-0.2, -0.15) is 0 Å². The van der Waals surface area contributed by atoms with Crippen LogP contribution in [-0.4, -0.2) is 29.8 Å². The summed E-state index contributed by atoms with van der Waals surface area (Å²) in [6.45, 7) is 0.587. The quantitative estimate of drug-likeness (QED) is 0.748. The molecule has 7 heteroatoms. The monoisotopic (exact) mass is 365 g/mol. The van der Waals surface area contributed by atoms with E-state index >= 15 is 0 Å². The number of fused-ring (bicyclic) bond motifs is 1. The van der Waals surface area contributed by atoms with Gasteiger partial charge in [-0.3, -0.25) is 9.78 Å². The molecule has 1 N–H and O–H groups in total. The first-order valence-corrected chi connectivity index (χ1v) is 8.67. The molecule has 27 heavy (non-hydrogen) atoms. The van der Waals surface area contributed by atoms with Crippen LogP contribution in [0.15, 0.2) is 53.3 Å². The molecule has 0 fully saturated rings. The molecular weight excluding hydrogens is 346 g/mol. The van der Waals surface area contributed by atoms with Crippen LogP contribution in [0.3, 0.4) is 0 Å². The Morgan fingerprint density at radius 1 is 1.33 bits per heavy atom. The molecule has 1 unspecified atom stereocenters. The molecule has 2 aromatic heterocycles. The molecule has 1 aromatic carbocycles. The Kier molecular flexibility index (Phi) is 4.74. The van der Waals surface area contributed by atoms with E-state index in [9.17, 15) is 4.79 Å². The SMILES string of the molecule is COc1cccc2c1OCC(C(=O)NCc1cc(-c3cccnc3)no1)C2. The number of aromatic nitrogens is 2. The molecule has 7 nitrogen and oxygen atoms in total. The Labute approximate surface area is 156 Å². The summed E-state index contributed by atoms with van der Waals surface area (Å²) in [5.41, 5.74) is 2.53. The Bertz CT molecular complexity index is 939. The van der Waals surface area contributed by atoms with E-state index in [1.54, 1.807) is 25.6 Å². The number of methoxy groups -OCH3 is 1. The fourth-order valence-electron chi connectivity index (χ4n) is 3.09. The van der Waals surface area contributed by atoms with Gasteiger partial charge in [0.2, 0.25) is 5.91 Å². The van der Waals surface area contributed by atoms with Gasteiger partial charge in [-0.15, -0.1) is 0 Å². The summed E-state index contributed by atoms with van der Waals surface area (Å²) in [4.78, 5) is 16.6. The number of carbonyl (C=O) groups is 1. The van der Waals surface area contributed by atoms with Crippen molar-refractivity contribution in [1.29, 1.82) is 0 Å². The van der Waals surface area contributed by atoms with Crippen LogP contribution in [0.1, 0.15) is 11.3 Å². The van der Waals surface area contributed by atoms with Gasteiger partial charge < -0.3 is 19.3 Å². The first-order chi connectivity index (χ1) is 13.2. The molecule has 0 saturated heterocycles. The molecule has 3 heterocycles. The summed E-state index contributed by atoms with van der Waals surface area (Å²) in [5.74, 6) is 1.66. The molecular formula is C20H19N3O4. The van der Waals surface area contributed by atoms with E-state index in [4.69, 9.17) is 14.0 Å². The standard InChI is InChI=1S/C20H19N3O4/c1-25-18-6-2-4-13-8-15(12-26-19(13)18)20(24)22-11-16-9-17(23-27-16)14-5-3-7-21-10-14/h2-7,9-10,15H,8,11-12H2,1H3,(H,22,24). The number of ether oxygens (including phenoxy) is 2. The van der Waals surface area contributed by atoms with Crippen LogP contribution in [0.5, 0.6) is 11.5 Å². The fourth-order valence-corrected chi connectivity index (χ4v) is 3.09. The molecule has 138 valence electrons. The van der Waals surface area contributed by atoms with Crippen molar-refractivity contribution in [2.24, 2.45) is 5.92 Å². The van der Waals surface area contributed by atoms with Gasteiger partial charge in [0.15, 0.2) is 17.3 Å². The Morgan fingerprint density at radius 3 is 3.07 bits per heavy atom. The molecule has 0 spiro atoms. The summed E-state index contributed by atoms with van der Waals surface area (Å²) in [6, 6.07) is 11.2. The maximum Gasteiger partial charge on any atom is 0.227 e. The first-order valence-electron chi connectivity index (χ1n) is 8.67. The summed E-state index contributed by atoms with van der Waals surface area (Å²) >= 11 is 0. The first kappa shape index (κ1) is 17.1. The normalized spacial score (nSPS) is 15.5. The summed E-state index contributed by atoms with van der Waals surface area (Å²) < 4.78 is 16.4. The number of nitrogens with zero attached hydrogens (tertiary/aromatic N) is 2. The third-order valence-corrected chi connectivity index (χ3v) is 4.50. The van der Waals surface area contributed by atoms with Gasteiger partial charge in [0.1, 0.15) is 12.3 Å². The van der Waals surface area contributed by atoms with E-state index in [0.717, 1.165) is 16.9 Å². The molecule has 0 aliphatic carbocycles. The van der Waals surface area contributed by atoms with Gasteiger partial charge in [0, 0.05) is 24.0 Å². The Hall–Kier alpha value is -3.35. The van der Waals surface area contributed by atoms with Crippen LogP contribution in [0.4, 0.5) is 0 Å². The fraction of sp³-hybridized carbons (Fsp3) is 0.250. The minimum Gasteiger partial charge on any atom is -0.493 e. The highest BCUT2D eigenvalue weighted by Crippen LogP contribution is 2.36. The molecule has 3 aromatic rings. The van der Waals surface area contributed by atoms with Gasteiger partial charge >= 0.3 is 0 Å². The minimum atomic E-state index is -0.259. The summed E-state index contributed by atoms with van der Waals surface area (Å²) in [5, 5.41) is 6.91. The van der Waals surface area contributed by atoms with Crippen molar-refractivity contribution in [3.8, 4) is 22.8 Å². The van der Waals surface area contributed by atoms with E-state index in [1.807, 2.05) is 30.3 Å². The molecule has 0 saturated carbocycles. The van der Waals surface area contributed by atoms with E-state index in [-0.39, 0.29) is 18.4 Å². The smallest absolute Gasteiger partial charge is 0.227 e. The number of amides is 1. The van der Waals surface area contributed by atoms with Crippen molar-refractivity contribution in [3.05, 3.63) is 60.1 Å². The van der Waals surface area contributed by atoms with Crippen molar-refractivity contribution in [2.75, 3.05) is 13.7 Å². The summed E-state index contributed by atoms with van der Waals surface area (Å²) in [6.07, 6.45) is 4.02. The van der Waals surface area contributed by atoms with Gasteiger partial charge in [0.05, 0.1) is 19.6 Å². The maximum atomic E-state index is 12.5. The lowest BCUT2D eigenvalue weighted by Gasteiger charge is -2.25. The van der Waals surface area contributed by atoms with E-state index < -0.39 is 0 Å². The minimum absolute atomic E-state index is 0.0807. The van der Waals surface area contributed by atoms with Crippen molar-refractivity contribution in [1.82, 2.24) is 15.5 Å². The highest BCUT2D eigenvalue weighted by atomic mass is 16.5. The van der Waals surface area contributed by atoms with Crippen molar-refractivity contribution in [2.45, 2.75) is 13.0 Å². The number of carbonyl (C=O) groups excluding carboxylic acids is 1. The van der Waals surface area contributed by atoms with Crippen LogP contribution in [0.25, 0.3) is 11.3 Å². The number of benzene rings is 1. The zero-order valence-electron chi connectivity index (χ0n) is 14.8. The third kappa shape index (κ3) is 3.62. The van der Waals surface area contributed by atoms with Crippen LogP contribution in [0, 0.1) is 5.92 Å². The zero-order chi connectivity index (χ0) is 18.6. The highest BCUT2D eigenvalue weighted by molar-refractivity contribution is 5.79. The topological polar surface area (TPSA) is 86.5 Å². The Morgan fingerprint density at radius 2 is 2.26 bits per heavy atom. The lowest BCUT2D eigenvalue weighted by atomic mass is 9.95. The second kappa shape index (κ2) is 7.49. The number of hydrogen-bond donors (Lipinski definition) is 1. The predicted molar refractivity (Wildman–Crippen MR) is 97.3 cm³/mol. The molecule has 1 aliphatic rings. The number of pyridine rings is 1. The number of nitrogens with one attached hydrogen (secondary N) is 1. The molecule has 0 radical (unpaired) electrons. The second-order valence-electron chi connectivity index (χ2n) is 6.30. The predicted octanol–water partition coefficient (Wildman–Crippen LogP) is 2.61. The van der Waals surface area contributed by atoms with E-state index in [1.165, 1.54) is 0 Å². The number of rotatable bonds is 5. The number of para-hydroxylation sites is 1. The van der Waals surface area contributed by atoms with Crippen molar-refractivity contribution >= 4 is 5.91 Å². The van der Waals surface area contributed by atoms with Crippen molar-refractivity contribution in [3.63, 3.8) is 0 Å². The lowest BCUT2D eigenvalue weighted by molar-refractivity contribution is -0.126. The van der Waals surface area contributed by atoms with Gasteiger partial charge in [-0.1, -0.05) is 17.3 Å². The molecule has 0 bridgehead atoms. The zero-order valence-corrected chi connectivity index (χ0v) is 14.8. The van der Waals surface area contributed by atoms with Gasteiger partial charge in [0.25, 0.3) is 0 Å². The van der Waals surface area contributed by atoms with Crippen LogP contribution in [-0.2, 0) is 17.8 Å². The maximum absolute atomic E-state index is 12.5. The lowest BCUT2D eigenvalue weighted by Crippen LogP contribution is -2.37. The molecule has 4 rings (SSSR count). The highest BCUT2D eigenvalue weighted by Gasteiger charge is 2.27. The van der Waals surface area contributed by atoms with Crippen LogP contribution >= 0.6 is 0 Å². The summed E-state index contributed by atoms with van der Waals surface area (Å²) in [7, 11) is 1.61. The van der Waals surface area contributed by atoms with Crippen LogP contribution < -0.4 is 14.8 Å². The number of hydrogen-bond acceptors (Lipinski definition) is 6. The molecule has 1 amide bonds. The average molecular weight is 365 g/mol. The van der Waals surface area contributed by atoms with E-state index in [2.05, 4.69) is 15.5 Å². The largest absolute Gasteiger partial charge is 0.493 e.